The lowest BCUT2D eigenvalue weighted by Gasteiger charge is -2.22. The maximum absolute atomic E-state index is 12.0. The molecule has 3 nitrogen and oxygen atoms in total. The number of benzene rings is 1. The zero-order valence-electron chi connectivity index (χ0n) is 11.6. The number of carbonyl (C=O) groups is 1. The molecule has 0 fully saturated rings. The Bertz CT molecular complexity index is 364. The fourth-order valence-electron chi connectivity index (χ4n) is 1.86. The van der Waals surface area contributed by atoms with Crippen LogP contribution in [-0.4, -0.2) is 24.4 Å². The highest BCUT2D eigenvalue weighted by Crippen LogP contribution is 2.15. The minimum atomic E-state index is -0.210. The van der Waals surface area contributed by atoms with Crippen molar-refractivity contribution in [3.05, 3.63) is 35.9 Å². The van der Waals surface area contributed by atoms with Crippen LogP contribution < -0.4 is 5.73 Å². The first-order chi connectivity index (χ1) is 8.54. The summed E-state index contributed by atoms with van der Waals surface area (Å²) in [7, 11) is 1.85. The molecule has 3 heteroatoms. The Kier molecular flexibility index (Phi) is 5.86. The van der Waals surface area contributed by atoms with E-state index in [1.54, 1.807) is 4.90 Å². The minimum Gasteiger partial charge on any atom is -0.345 e. The zero-order chi connectivity index (χ0) is 13.5. The average molecular weight is 248 g/mol. The van der Waals surface area contributed by atoms with E-state index in [1.807, 2.05) is 37.4 Å². The van der Waals surface area contributed by atoms with E-state index in [0.717, 1.165) is 18.5 Å². The normalized spacial score (nSPS) is 14.0. The van der Waals surface area contributed by atoms with Gasteiger partial charge in [0.2, 0.25) is 5.91 Å². The molecule has 1 aromatic rings. The van der Waals surface area contributed by atoms with Gasteiger partial charge in [-0.3, -0.25) is 4.79 Å². The Morgan fingerprint density at radius 2 is 1.94 bits per heavy atom. The molecule has 0 saturated heterocycles. The molecule has 0 aromatic heterocycles. The quantitative estimate of drug-likeness (QED) is 0.841. The Morgan fingerprint density at radius 1 is 1.33 bits per heavy atom. The zero-order valence-corrected chi connectivity index (χ0v) is 11.6. The predicted molar refractivity (Wildman–Crippen MR) is 75.1 cm³/mol. The summed E-state index contributed by atoms with van der Waals surface area (Å²) in [5.41, 5.74) is 7.07. The number of hydrogen-bond acceptors (Lipinski definition) is 2. The second-order valence-corrected chi connectivity index (χ2v) is 5.01. The number of hydrogen-bond donors (Lipinski definition) is 1. The topological polar surface area (TPSA) is 46.3 Å². The fourth-order valence-corrected chi connectivity index (χ4v) is 1.86. The van der Waals surface area contributed by atoms with Gasteiger partial charge in [0.15, 0.2) is 0 Å². The summed E-state index contributed by atoms with van der Waals surface area (Å²) in [5.74, 6) is 0.651. The summed E-state index contributed by atoms with van der Waals surface area (Å²) < 4.78 is 0. The third-order valence-corrected chi connectivity index (χ3v) is 3.33. The molecule has 0 aliphatic heterocycles. The third kappa shape index (κ3) is 4.49. The van der Waals surface area contributed by atoms with Crippen molar-refractivity contribution in [2.45, 2.75) is 32.7 Å². The highest BCUT2D eigenvalue weighted by atomic mass is 16.2. The lowest BCUT2D eigenvalue weighted by Crippen LogP contribution is -2.33. The molecule has 2 N–H and O–H groups in total. The molecule has 0 aliphatic rings. The monoisotopic (exact) mass is 248 g/mol. The second kappa shape index (κ2) is 7.17. The van der Waals surface area contributed by atoms with Gasteiger partial charge in [0.05, 0.1) is 0 Å². The first-order valence-corrected chi connectivity index (χ1v) is 6.59. The molecule has 0 bridgehead atoms. The predicted octanol–water partition coefficient (Wildman–Crippen LogP) is 2.58. The van der Waals surface area contributed by atoms with Gasteiger partial charge in [0.1, 0.15) is 0 Å². The van der Waals surface area contributed by atoms with Crippen LogP contribution in [0.2, 0.25) is 0 Å². The van der Waals surface area contributed by atoms with Crippen molar-refractivity contribution in [2.24, 2.45) is 11.7 Å². The SMILES string of the molecule is CCC(C)CN(C)C(=O)CC(N)c1ccccc1. The summed E-state index contributed by atoms with van der Waals surface area (Å²) in [5, 5.41) is 0. The lowest BCUT2D eigenvalue weighted by atomic mass is 10.0. The van der Waals surface area contributed by atoms with Crippen LogP contribution in [0.15, 0.2) is 30.3 Å². The molecule has 100 valence electrons. The van der Waals surface area contributed by atoms with E-state index < -0.39 is 0 Å². The molecule has 0 aliphatic carbocycles. The van der Waals surface area contributed by atoms with Crippen molar-refractivity contribution >= 4 is 5.91 Å². The molecule has 2 unspecified atom stereocenters. The van der Waals surface area contributed by atoms with Crippen LogP contribution in [0.25, 0.3) is 0 Å². The molecule has 0 heterocycles. The summed E-state index contributed by atoms with van der Waals surface area (Å²) in [6.07, 6.45) is 1.46. The summed E-state index contributed by atoms with van der Waals surface area (Å²) >= 11 is 0. The summed E-state index contributed by atoms with van der Waals surface area (Å²) in [6, 6.07) is 9.57. The smallest absolute Gasteiger partial charge is 0.224 e. The molecule has 0 spiro atoms. The Balaban J connectivity index is 2.49. The van der Waals surface area contributed by atoms with Gasteiger partial charge in [-0.25, -0.2) is 0 Å². The number of rotatable bonds is 6. The van der Waals surface area contributed by atoms with Gasteiger partial charge in [0, 0.05) is 26.1 Å². The van der Waals surface area contributed by atoms with Gasteiger partial charge in [-0.05, 0) is 11.5 Å². The second-order valence-electron chi connectivity index (χ2n) is 5.01. The van der Waals surface area contributed by atoms with Crippen LogP contribution in [0.5, 0.6) is 0 Å². The number of nitrogens with zero attached hydrogens (tertiary/aromatic N) is 1. The third-order valence-electron chi connectivity index (χ3n) is 3.33. The molecule has 2 atom stereocenters. The van der Waals surface area contributed by atoms with Crippen molar-refractivity contribution in [1.82, 2.24) is 4.90 Å². The van der Waals surface area contributed by atoms with E-state index in [4.69, 9.17) is 5.73 Å². The molecule has 1 aromatic carbocycles. The molecule has 18 heavy (non-hydrogen) atoms. The van der Waals surface area contributed by atoms with Gasteiger partial charge in [-0.1, -0.05) is 50.6 Å². The first kappa shape index (κ1) is 14.7. The first-order valence-electron chi connectivity index (χ1n) is 6.59. The summed E-state index contributed by atoms with van der Waals surface area (Å²) in [6.45, 7) is 5.09. The standard InChI is InChI=1S/C15H24N2O/c1-4-12(2)11-17(3)15(18)10-14(16)13-8-6-5-7-9-13/h5-9,12,14H,4,10-11,16H2,1-3H3. The van der Waals surface area contributed by atoms with Gasteiger partial charge >= 0.3 is 0 Å². The minimum absolute atomic E-state index is 0.117. The van der Waals surface area contributed by atoms with E-state index in [2.05, 4.69) is 13.8 Å². The average Bonchev–Trinajstić information content (AvgIpc) is 2.39. The van der Waals surface area contributed by atoms with Crippen molar-refractivity contribution in [1.29, 1.82) is 0 Å². The van der Waals surface area contributed by atoms with Crippen LogP contribution in [0, 0.1) is 5.92 Å². The van der Waals surface area contributed by atoms with Crippen molar-refractivity contribution in [3.8, 4) is 0 Å². The number of nitrogens with two attached hydrogens (primary N) is 1. The number of amides is 1. The van der Waals surface area contributed by atoms with Gasteiger partial charge < -0.3 is 10.6 Å². The Labute approximate surface area is 110 Å². The molecular weight excluding hydrogens is 224 g/mol. The van der Waals surface area contributed by atoms with Crippen LogP contribution in [0.3, 0.4) is 0 Å². The van der Waals surface area contributed by atoms with Crippen LogP contribution in [0.1, 0.15) is 38.3 Å². The van der Waals surface area contributed by atoms with Gasteiger partial charge in [-0.15, -0.1) is 0 Å². The fraction of sp³-hybridized carbons (Fsp3) is 0.533. The maximum atomic E-state index is 12.0. The van der Waals surface area contributed by atoms with Crippen LogP contribution >= 0.6 is 0 Å². The van der Waals surface area contributed by atoms with E-state index in [9.17, 15) is 4.79 Å². The maximum Gasteiger partial charge on any atom is 0.224 e. The van der Waals surface area contributed by atoms with Crippen molar-refractivity contribution in [2.75, 3.05) is 13.6 Å². The van der Waals surface area contributed by atoms with Crippen molar-refractivity contribution in [3.63, 3.8) is 0 Å². The molecule has 0 radical (unpaired) electrons. The Morgan fingerprint density at radius 3 is 2.50 bits per heavy atom. The highest BCUT2D eigenvalue weighted by molar-refractivity contribution is 5.76. The lowest BCUT2D eigenvalue weighted by molar-refractivity contribution is -0.130. The largest absolute Gasteiger partial charge is 0.345 e. The van der Waals surface area contributed by atoms with Gasteiger partial charge in [-0.2, -0.15) is 0 Å². The van der Waals surface area contributed by atoms with Crippen LogP contribution in [-0.2, 0) is 4.79 Å². The van der Waals surface area contributed by atoms with E-state index in [1.165, 1.54) is 0 Å². The highest BCUT2D eigenvalue weighted by Gasteiger charge is 2.16. The Hall–Kier alpha value is -1.35. The van der Waals surface area contributed by atoms with Crippen molar-refractivity contribution < 1.29 is 4.79 Å². The van der Waals surface area contributed by atoms with E-state index >= 15 is 0 Å². The molecular formula is C15H24N2O. The molecule has 0 saturated carbocycles. The van der Waals surface area contributed by atoms with E-state index in [-0.39, 0.29) is 11.9 Å². The van der Waals surface area contributed by atoms with E-state index in [0.29, 0.717) is 12.3 Å². The number of carbonyl (C=O) groups excluding carboxylic acids is 1. The summed E-state index contributed by atoms with van der Waals surface area (Å²) in [4.78, 5) is 13.8. The van der Waals surface area contributed by atoms with Gasteiger partial charge in [0.25, 0.3) is 0 Å². The molecule has 1 rings (SSSR count). The molecule has 1 amide bonds. The van der Waals surface area contributed by atoms with Crippen LogP contribution in [0.4, 0.5) is 0 Å².